The highest BCUT2D eigenvalue weighted by molar-refractivity contribution is 7.13. The third-order valence-corrected chi connectivity index (χ3v) is 4.69. The second-order valence-electron chi connectivity index (χ2n) is 4.80. The zero-order valence-electron chi connectivity index (χ0n) is 11.2. The van der Waals surface area contributed by atoms with Gasteiger partial charge in [0.25, 0.3) is 5.91 Å². The maximum absolute atomic E-state index is 12.4. The van der Waals surface area contributed by atoms with Crippen LogP contribution in [0.25, 0.3) is 0 Å². The number of piperidine rings is 1. The van der Waals surface area contributed by atoms with E-state index in [9.17, 15) is 9.59 Å². The molecule has 19 heavy (non-hydrogen) atoms. The first-order valence-corrected chi connectivity index (χ1v) is 7.33. The Kier molecular flexibility index (Phi) is 4.19. The van der Waals surface area contributed by atoms with Gasteiger partial charge in [-0.2, -0.15) is 0 Å². The molecule has 1 aliphatic heterocycles. The summed E-state index contributed by atoms with van der Waals surface area (Å²) in [4.78, 5) is 30.1. The molecule has 0 unspecified atom stereocenters. The molecule has 1 aromatic rings. The minimum Gasteiger partial charge on any atom is -0.481 e. The summed E-state index contributed by atoms with van der Waals surface area (Å²) in [5.74, 6) is -1.31. The molecule has 1 aromatic heterocycles. The molecule has 6 heteroatoms. The van der Waals surface area contributed by atoms with Gasteiger partial charge in [-0.15, -0.1) is 11.3 Å². The van der Waals surface area contributed by atoms with Gasteiger partial charge in [-0.05, 0) is 26.2 Å². The monoisotopic (exact) mass is 282 g/mol. The van der Waals surface area contributed by atoms with E-state index in [-0.39, 0.29) is 5.91 Å². The summed E-state index contributed by atoms with van der Waals surface area (Å²) in [5.41, 5.74) is 0.754. The largest absolute Gasteiger partial charge is 0.481 e. The Morgan fingerprint density at radius 3 is 2.84 bits per heavy atom. The lowest BCUT2D eigenvalue weighted by Gasteiger charge is -2.30. The molecule has 1 N–H and O–H groups in total. The van der Waals surface area contributed by atoms with E-state index in [1.54, 1.807) is 4.90 Å². The van der Waals surface area contributed by atoms with Crippen LogP contribution in [0.1, 0.15) is 40.1 Å². The van der Waals surface area contributed by atoms with Crippen molar-refractivity contribution >= 4 is 23.2 Å². The van der Waals surface area contributed by atoms with Gasteiger partial charge in [0.1, 0.15) is 4.88 Å². The van der Waals surface area contributed by atoms with E-state index in [1.165, 1.54) is 11.3 Å². The molecule has 1 saturated heterocycles. The first-order chi connectivity index (χ1) is 9.02. The summed E-state index contributed by atoms with van der Waals surface area (Å²) < 4.78 is 0. The Labute approximate surface area is 116 Å². The second-order valence-corrected chi connectivity index (χ2v) is 5.89. The van der Waals surface area contributed by atoms with Crippen LogP contribution < -0.4 is 0 Å². The summed E-state index contributed by atoms with van der Waals surface area (Å²) in [6.07, 6.45) is 2.22. The number of carboxylic acids is 1. The van der Waals surface area contributed by atoms with E-state index in [4.69, 9.17) is 5.11 Å². The van der Waals surface area contributed by atoms with Crippen molar-refractivity contribution in [3.63, 3.8) is 0 Å². The predicted octanol–water partition coefficient (Wildman–Crippen LogP) is 1.95. The molecule has 0 radical (unpaired) electrons. The van der Waals surface area contributed by atoms with Crippen LogP contribution in [0.3, 0.4) is 0 Å². The van der Waals surface area contributed by atoms with Gasteiger partial charge in [-0.25, -0.2) is 4.98 Å². The molecule has 1 atom stereocenters. The number of hydrogen-bond donors (Lipinski definition) is 1. The summed E-state index contributed by atoms with van der Waals surface area (Å²) in [5, 5.41) is 10.0. The van der Waals surface area contributed by atoms with Crippen LogP contribution >= 0.6 is 11.3 Å². The molecule has 1 fully saturated rings. The number of thiazole rings is 1. The van der Waals surface area contributed by atoms with Crippen molar-refractivity contribution in [2.45, 2.75) is 33.1 Å². The first-order valence-electron chi connectivity index (χ1n) is 6.51. The molecule has 1 aliphatic rings. The van der Waals surface area contributed by atoms with Gasteiger partial charge in [0.2, 0.25) is 0 Å². The number of amides is 1. The number of aliphatic carboxylic acids is 1. The van der Waals surface area contributed by atoms with Gasteiger partial charge >= 0.3 is 5.97 Å². The van der Waals surface area contributed by atoms with Crippen molar-refractivity contribution in [1.29, 1.82) is 0 Å². The lowest BCUT2D eigenvalue weighted by atomic mass is 9.98. The van der Waals surface area contributed by atoms with Crippen LogP contribution in [0, 0.1) is 12.8 Å². The van der Waals surface area contributed by atoms with Crippen LogP contribution in [-0.4, -0.2) is 40.0 Å². The quantitative estimate of drug-likeness (QED) is 0.920. The lowest BCUT2D eigenvalue weighted by molar-refractivity contribution is -0.143. The summed E-state index contributed by atoms with van der Waals surface area (Å²) in [7, 11) is 0. The molecule has 0 aliphatic carbocycles. The van der Waals surface area contributed by atoms with Gasteiger partial charge in [-0.3, -0.25) is 9.59 Å². The minimum absolute atomic E-state index is 0.0688. The normalized spacial score (nSPS) is 19.5. The number of carbonyl (C=O) groups is 2. The van der Waals surface area contributed by atoms with Crippen LogP contribution in [0.5, 0.6) is 0 Å². The van der Waals surface area contributed by atoms with Crippen LogP contribution in [-0.2, 0) is 11.2 Å². The lowest BCUT2D eigenvalue weighted by Crippen LogP contribution is -2.42. The van der Waals surface area contributed by atoms with Crippen molar-refractivity contribution in [2.75, 3.05) is 13.1 Å². The topological polar surface area (TPSA) is 70.5 Å². The number of hydrogen-bond acceptors (Lipinski definition) is 4. The molecule has 104 valence electrons. The van der Waals surface area contributed by atoms with E-state index >= 15 is 0 Å². The molecule has 1 amide bonds. The van der Waals surface area contributed by atoms with E-state index in [0.717, 1.165) is 23.5 Å². The van der Waals surface area contributed by atoms with Gasteiger partial charge in [0, 0.05) is 13.1 Å². The minimum atomic E-state index is -0.812. The average Bonchev–Trinajstić information content (AvgIpc) is 2.79. The first kappa shape index (κ1) is 14.0. The van der Waals surface area contributed by atoms with Crippen LogP contribution in [0.4, 0.5) is 0 Å². The fraction of sp³-hybridized carbons (Fsp3) is 0.615. The zero-order chi connectivity index (χ0) is 14.0. The number of carbonyl (C=O) groups excluding carboxylic acids is 1. The molecular weight excluding hydrogens is 264 g/mol. The van der Waals surface area contributed by atoms with Crippen molar-refractivity contribution in [2.24, 2.45) is 5.92 Å². The summed E-state index contributed by atoms with van der Waals surface area (Å²) in [6, 6.07) is 0. The molecule has 0 aromatic carbocycles. The molecule has 0 bridgehead atoms. The zero-order valence-corrected chi connectivity index (χ0v) is 12.0. The SMILES string of the molecule is CCc1nc(C)c(C(=O)N2CCC[C@H](C(=O)O)C2)s1. The maximum Gasteiger partial charge on any atom is 0.308 e. The van der Waals surface area contributed by atoms with Crippen LogP contribution in [0.2, 0.25) is 0 Å². The third-order valence-electron chi connectivity index (χ3n) is 3.40. The Hall–Kier alpha value is -1.43. The van der Waals surface area contributed by atoms with Crippen LogP contribution in [0.15, 0.2) is 0 Å². The highest BCUT2D eigenvalue weighted by atomic mass is 32.1. The second kappa shape index (κ2) is 5.69. The molecule has 5 nitrogen and oxygen atoms in total. The predicted molar refractivity (Wildman–Crippen MR) is 72.5 cm³/mol. The fourth-order valence-electron chi connectivity index (χ4n) is 2.31. The third kappa shape index (κ3) is 2.94. The Morgan fingerprint density at radius 1 is 1.53 bits per heavy atom. The fourth-order valence-corrected chi connectivity index (χ4v) is 3.28. The number of carboxylic acid groups (broad SMARTS) is 1. The smallest absolute Gasteiger partial charge is 0.308 e. The Balaban J connectivity index is 2.14. The molecule has 2 rings (SSSR count). The van der Waals surface area contributed by atoms with Crippen molar-refractivity contribution in [1.82, 2.24) is 9.88 Å². The maximum atomic E-state index is 12.4. The molecular formula is C13H18N2O3S. The van der Waals surface area contributed by atoms with E-state index in [2.05, 4.69) is 4.98 Å². The van der Waals surface area contributed by atoms with E-state index in [0.29, 0.717) is 24.4 Å². The summed E-state index contributed by atoms with van der Waals surface area (Å²) in [6.45, 7) is 4.80. The highest BCUT2D eigenvalue weighted by Crippen LogP contribution is 2.24. The van der Waals surface area contributed by atoms with Crippen molar-refractivity contribution in [3.05, 3.63) is 15.6 Å². The number of nitrogens with zero attached hydrogens (tertiary/aromatic N) is 2. The Morgan fingerprint density at radius 2 is 2.26 bits per heavy atom. The van der Waals surface area contributed by atoms with E-state index in [1.807, 2.05) is 13.8 Å². The Bertz CT molecular complexity index is 498. The van der Waals surface area contributed by atoms with Gasteiger partial charge in [0.05, 0.1) is 16.6 Å². The number of rotatable bonds is 3. The van der Waals surface area contributed by atoms with Gasteiger partial charge in [-0.1, -0.05) is 6.92 Å². The number of likely N-dealkylation sites (tertiary alicyclic amines) is 1. The number of aryl methyl sites for hydroxylation is 2. The number of aromatic nitrogens is 1. The molecule has 0 saturated carbocycles. The van der Waals surface area contributed by atoms with Crippen molar-refractivity contribution in [3.8, 4) is 0 Å². The average molecular weight is 282 g/mol. The standard InChI is InChI=1S/C13H18N2O3S/c1-3-10-14-8(2)11(19-10)12(16)15-6-4-5-9(7-15)13(17)18/h9H,3-7H2,1-2H3,(H,17,18)/t9-/m0/s1. The van der Waals surface area contributed by atoms with E-state index < -0.39 is 11.9 Å². The molecule has 0 spiro atoms. The van der Waals surface area contributed by atoms with Gasteiger partial charge in [0.15, 0.2) is 0 Å². The summed E-state index contributed by atoms with van der Waals surface area (Å²) >= 11 is 1.42. The molecule has 2 heterocycles. The van der Waals surface area contributed by atoms with Crippen molar-refractivity contribution < 1.29 is 14.7 Å². The van der Waals surface area contributed by atoms with Gasteiger partial charge < -0.3 is 10.0 Å². The highest BCUT2D eigenvalue weighted by Gasteiger charge is 2.30.